The number of aromatic amines is 1. The van der Waals surface area contributed by atoms with Gasteiger partial charge in [0.2, 0.25) is 5.91 Å². The van der Waals surface area contributed by atoms with Gasteiger partial charge in [0.25, 0.3) is 0 Å². The second kappa shape index (κ2) is 6.15. The van der Waals surface area contributed by atoms with Crippen LogP contribution >= 0.6 is 12.2 Å². The molecule has 1 aliphatic rings. The summed E-state index contributed by atoms with van der Waals surface area (Å²) in [6.45, 7) is 5.45. The molecule has 0 spiro atoms. The zero-order valence-electron chi connectivity index (χ0n) is 10.6. The van der Waals surface area contributed by atoms with E-state index >= 15 is 0 Å². The molecule has 1 amide bonds. The summed E-state index contributed by atoms with van der Waals surface area (Å²) in [6, 6.07) is 0. The van der Waals surface area contributed by atoms with Crippen LogP contribution in [0, 0.1) is 4.77 Å². The van der Waals surface area contributed by atoms with Crippen molar-refractivity contribution >= 4 is 18.1 Å². The van der Waals surface area contributed by atoms with Crippen LogP contribution in [-0.2, 0) is 22.5 Å². The standard InChI is InChI=1S/C12H19N3O2S/c1-2-10-9-13-12(18)15(10)4-3-11(16)14-5-7-17-8-6-14/h9H,2-8H2,1H3,(H,13,18). The van der Waals surface area contributed by atoms with Crippen LogP contribution in [0.4, 0.5) is 0 Å². The van der Waals surface area contributed by atoms with Crippen LogP contribution in [0.5, 0.6) is 0 Å². The smallest absolute Gasteiger partial charge is 0.224 e. The lowest BCUT2D eigenvalue weighted by Gasteiger charge is -2.27. The average molecular weight is 269 g/mol. The molecule has 6 heteroatoms. The number of imidazole rings is 1. The van der Waals surface area contributed by atoms with E-state index in [1.165, 1.54) is 0 Å². The summed E-state index contributed by atoms with van der Waals surface area (Å²) in [7, 11) is 0. The van der Waals surface area contributed by atoms with Crippen molar-refractivity contribution in [3.05, 3.63) is 16.7 Å². The zero-order chi connectivity index (χ0) is 13.0. The molecule has 5 nitrogen and oxygen atoms in total. The normalized spacial score (nSPS) is 15.9. The highest BCUT2D eigenvalue weighted by Gasteiger charge is 2.16. The lowest BCUT2D eigenvalue weighted by molar-refractivity contribution is -0.135. The minimum atomic E-state index is 0.184. The third-order valence-electron chi connectivity index (χ3n) is 3.23. The predicted molar refractivity (Wildman–Crippen MR) is 71.0 cm³/mol. The van der Waals surface area contributed by atoms with Crippen molar-refractivity contribution in [2.24, 2.45) is 0 Å². The number of nitrogens with zero attached hydrogens (tertiary/aromatic N) is 2. The molecule has 0 atom stereocenters. The average Bonchev–Trinajstić information content (AvgIpc) is 2.77. The number of aromatic nitrogens is 2. The fourth-order valence-corrected chi connectivity index (χ4v) is 2.42. The van der Waals surface area contributed by atoms with Crippen molar-refractivity contribution in [3.63, 3.8) is 0 Å². The van der Waals surface area contributed by atoms with Crippen LogP contribution in [0.2, 0.25) is 0 Å². The molecule has 0 aliphatic carbocycles. The molecule has 100 valence electrons. The summed E-state index contributed by atoms with van der Waals surface area (Å²) < 4.78 is 7.94. The van der Waals surface area contributed by atoms with Crippen LogP contribution in [0.1, 0.15) is 19.0 Å². The number of hydrogen-bond donors (Lipinski definition) is 1. The molecule has 0 bridgehead atoms. The Balaban J connectivity index is 1.92. The second-order valence-electron chi connectivity index (χ2n) is 4.33. The number of H-pyrrole nitrogens is 1. The summed E-state index contributed by atoms with van der Waals surface area (Å²) in [4.78, 5) is 16.9. The molecule has 0 unspecified atom stereocenters. The third kappa shape index (κ3) is 3.00. The van der Waals surface area contributed by atoms with Gasteiger partial charge in [-0.05, 0) is 18.6 Å². The van der Waals surface area contributed by atoms with Gasteiger partial charge in [0.1, 0.15) is 0 Å². The van der Waals surface area contributed by atoms with Crippen LogP contribution in [0.15, 0.2) is 6.20 Å². The largest absolute Gasteiger partial charge is 0.378 e. The number of morpholine rings is 1. The number of rotatable bonds is 4. The Hall–Kier alpha value is -1.14. The Morgan fingerprint density at radius 1 is 1.50 bits per heavy atom. The maximum atomic E-state index is 12.0. The molecule has 1 aliphatic heterocycles. The van der Waals surface area contributed by atoms with Gasteiger partial charge in [0, 0.05) is 37.9 Å². The maximum absolute atomic E-state index is 12.0. The van der Waals surface area contributed by atoms with Crippen molar-refractivity contribution in [1.82, 2.24) is 14.5 Å². The molecule has 1 aromatic heterocycles. The zero-order valence-corrected chi connectivity index (χ0v) is 11.5. The Bertz CT molecular complexity index is 460. The van der Waals surface area contributed by atoms with Crippen LogP contribution in [0.3, 0.4) is 0 Å². The highest BCUT2D eigenvalue weighted by atomic mass is 32.1. The van der Waals surface area contributed by atoms with Gasteiger partial charge >= 0.3 is 0 Å². The van der Waals surface area contributed by atoms with Gasteiger partial charge in [-0.1, -0.05) is 6.92 Å². The summed E-state index contributed by atoms with van der Waals surface area (Å²) in [5, 5.41) is 0. The lowest BCUT2D eigenvalue weighted by atomic mass is 10.3. The number of amides is 1. The molecule has 0 saturated carbocycles. The van der Waals surface area contributed by atoms with Crippen molar-refractivity contribution < 1.29 is 9.53 Å². The van der Waals surface area contributed by atoms with Gasteiger partial charge in [-0.3, -0.25) is 4.79 Å². The monoisotopic (exact) mass is 269 g/mol. The number of hydrogen-bond acceptors (Lipinski definition) is 3. The topological polar surface area (TPSA) is 50.3 Å². The number of ether oxygens (including phenoxy) is 1. The van der Waals surface area contributed by atoms with Gasteiger partial charge in [-0.25, -0.2) is 0 Å². The molecule has 1 N–H and O–H groups in total. The predicted octanol–water partition coefficient (Wildman–Crippen LogP) is 1.36. The summed E-state index contributed by atoms with van der Waals surface area (Å²) >= 11 is 5.21. The van der Waals surface area contributed by atoms with Gasteiger partial charge in [0.15, 0.2) is 4.77 Å². The van der Waals surface area contributed by atoms with Gasteiger partial charge < -0.3 is 19.2 Å². The van der Waals surface area contributed by atoms with Crippen LogP contribution in [-0.4, -0.2) is 46.7 Å². The Morgan fingerprint density at radius 3 is 2.89 bits per heavy atom. The minimum Gasteiger partial charge on any atom is -0.378 e. The highest BCUT2D eigenvalue weighted by molar-refractivity contribution is 7.71. The first-order valence-electron chi connectivity index (χ1n) is 6.35. The fraction of sp³-hybridized carbons (Fsp3) is 0.667. The van der Waals surface area contributed by atoms with Crippen LogP contribution < -0.4 is 0 Å². The van der Waals surface area contributed by atoms with Crippen molar-refractivity contribution in [3.8, 4) is 0 Å². The molecular weight excluding hydrogens is 250 g/mol. The van der Waals surface area contributed by atoms with Crippen molar-refractivity contribution in [1.29, 1.82) is 0 Å². The number of carbonyl (C=O) groups is 1. The number of nitrogens with one attached hydrogen (secondary N) is 1. The SMILES string of the molecule is CCc1c[nH]c(=S)n1CCC(=O)N1CCOCC1. The first kappa shape index (κ1) is 13.3. The van der Waals surface area contributed by atoms with E-state index in [2.05, 4.69) is 11.9 Å². The molecule has 0 aromatic carbocycles. The van der Waals surface area contributed by atoms with Crippen molar-refractivity contribution in [2.45, 2.75) is 26.3 Å². The fourth-order valence-electron chi connectivity index (χ4n) is 2.15. The molecule has 2 rings (SSSR count). The van der Waals surface area contributed by atoms with E-state index in [4.69, 9.17) is 17.0 Å². The summed E-state index contributed by atoms with van der Waals surface area (Å²) in [5.41, 5.74) is 1.15. The quantitative estimate of drug-likeness (QED) is 0.840. The van der Waals surface area contributed by atoms with E-state index < -0.39 is 0 Å². The molecule has 0 radical (unpaired) electrons. The van der Waals surface area contributed by atoms with E-state index in [9.17, 15) is 4.79 Å². The van der Waals surface area contributed by atoms with Gasteiger partial charge in [0.05, 0.1) is 13.2 Å². The molecule has 2 heterocycles. The van der Waals surface area contributed by atoms with E-state index in [0.717, 1.165) is 12.1 Å². The molecule has 1 saturated heterocycles. The summed E-state index contributed by atoms with van der Waals surface area (Å²) in [6.07, 6.45) is 3.33. The number of aryl methyl sites for hydroxylation is 1. The van der Waals surface area contributed by atoms with Gasteiger partial charge in [-0.2, -0.15) is 0 Å². The molecule has 1 fully saturated rings. The third-order valence-corrected chi connectivity index (χ3v) is 3.57. The molecule has 1 aromatic rings. The molecule has 18 heavy (non-hydrogen) atoms. The van der Waals surface area contributed by atoms with Gasteiger partial charge in [-0.15, -0.1) is 0 Å². The van der Waals surface area contributed by atoms with E-state index in [1.54, 1.807) is 0 Å². The Kier molecular flexibility index (Phi) is 4.54. The number of carbonyl (C=O) groups excluding carboxylic acids is 1. The second-order valence-corrected chi connectivity index (χ2v) is 4.72. The first-order valence-corrected chi connectivity index (χ1v) is 6.75. The molecular formula is C12H19N3O2S. The summed E-state index contributed by atoms with van der Waals surface area (Å²) in [5.74, 6) is 0.184. The first-order chi connectivity index (χ1) is 8.72. The minimum absolute atomic E-state index is 0.184. The lowest BCUT2D eigenvalue weighted by Crippen LogP contribution is -2.41. The van der Waals surface area contributed by atoms with E-state index in [-0.39, 0.29) is 5.91 Å². The van der Waals surface area contributed by atoms with E-state index in [0.29, 0.717) is 44.0 Å². The Morgan fingerprint density at radius 2 is 2.22 bits per heavy atom. The highest BCUT2D eigenvalue weighted by Crippen LogP contribution is 2.06. The van der Waals surface area contributed by atoms with E-state index in [1.807, 2.05) is 15.7 Å². The van der Waals surface area contributed by atoms with Crippen LogP contribution in [0.25, 0.3) is 0 Å². The Labute approximate surface area is 112 Å². The van der Waals surface area contributed by atoms with Crippen molar-refractivity contribution in [2.75, 3.05) is 26.3 Å². The maximum Gasteiger partial charge on any atom is 0.224 e.